The van der Waals surface area contributed by atoms with Gasteiger partial charge in [0.25, 0.3) is 0 Å². The number of nitrogens with zero attached hydrogens (tertiary/aromatic N) is 4. The lowest BCUT2D eigenvalue weighted by atomic mass is 10.1. The lowest BCUT2D eigenvalue weighted by Gasteiger charge is -2.07. The first kappa shape index (κ1) is 21.2. The molecular formula is C25H27N5O3. The van der Waals surface area contributed by atoms with E-state index in [1.807, 2.05) is 36.5 Å². The van der Waals surface area contributed by atoms with E-state index in [1.54, 1.807) is 24.9 Å². The van der Waals surface area contributed by atoms with Crippen molar-refractivity contribution in [3.8, 4) is 28.5 Å². The average Bonchev–Trinajstić information content (AvgIpc) is 3.54. The zero-order chi connectivity index (χ0) is 22.8. The van der Waals surface area contributed by atoms with Crippen LogP contribution in [0.2, 0.25) is 0 Å². The molecule has 1 fully saturated rings. The summed E-state index contributed by atoms with van der Waals surface area (Å²) in [6, 6.07) is 13.9. The molecule has 2 aromatic carbocycles. The van der Waals surface area contributed by atoms with E-state index < -0.39 is 0 Å². The Hall–Kier alpha value is -3.65. The van der Waals surface area contributed by atoms with Crippen LogP contribution in [0, 0.1) is 0 Å². The monoisotopic (exact) mass is 445 g/mol. The van der Waals surface area contributed by atoms with E-state index in [0.717, 1.165) is 52.8 Å². The van der Waals surface area contributed by atoms with E-state index in [2.05, 4.69) is 17.1 Å². The molecular weight excluding hydrogens is 418 g/mol. The summed E-state index contributed by atoms with van der Waals surface area (Å²) in [7, 11) is 3.33. The number of fused-ring (bicyclic) bond motifs is 1. The second kappa shape index (κ2) is 9.07. The van der Waals surface area contributed by atoms with Crippen molar-refractivity contribution in [3.05, 3.63) is 66.2 Å². The normalized spacial score (nSPS) is 17.2. The highest BCUT2D eigenvalue weighted by molar-refractivity contribution is 5.74. The molecule has 0 radical (unpaired) electrons. The van der Waals surface area contributed by atoms with Crippen LogP contribution >= 0.6 is 0 Å². The van der Waals surface area contributed by atoms with E-state index in [4.69, 9.17) is 30.0 Å². The summed E-state index contributed by atoms with van der Waals surface area (Å²) in [4.78, 5) is 9.48. The van der Waals surface area contributed by atoms with E-state index in [9.17, 15) is 0 Å². The average molecular weight is 446 g/mol. The summed E-state index contributed by atoms with van der Waals surface area (Å²) in [6.45, 7) is 1.19. The van der Waals surface area contributed by atoms with Gasteiger partial charge < -0.3 is 19.9 Å². The molecule has 33 heavy (non-hydrogen) atoms. The maximum atomic E-state index is 5.80. The van der Waals surface area contributed by atoms with E-state index in [1.165, 1.54) is 5.56 Å². The number of nitrogens with two attached hydrogens (primary N) is 1. The Morgan fingerprint density at radius 3 is 2.61 bits per heavy atom. The minimum atomic E-state index is 0.250. The molecule has 1 aliphatic carbocycles. The predicted molar refractivity (Wildman–Crippen MR) is 125 cm³/mol. The number of hydrogen-bond donors (Lipinski definition) is 1. The summed E-state index contributed by atoms with van der Waals surface area (Å²) in [5.41, 5.74) is 9.19. The van der Waals surface area contributed by atoms with Gasteiger partial charge in [-0.2, -0.15) is 5.10 Å². The highest BCUT2D eigenvalue weighted by Gasteiger charge is 2.43. The molecule has 5 rings (SSSR count). The van der Waals surface area contributed by atoms with Crippen molar-refractivity contribution in [2.45, 2.75) is 24.7 Å². The molecule has 170 valence electrons. The van der Waals surface area contributed by atoms with Crippen LogP contribution in [0.3, 0.4) is 0 Å². The van der Waals surface area contributed by atoms with Crippen LogP contribution in [-0.2, 0) is 0 Å². The van der Waals surface area contributed by atoms with E-state index in [-0.39, 0.29) is 5.92 Å². The van der Waals surface area contributed by atoms with Crippen LogP contribution in [-0.4, -0.2) is 47.0 Å². The molecule has 0 amide bonds. The lowest BCUT2D eigenvalue weighted by Crippen LogP contribution is -2.06. The Morgan fingerprint density at radius 1 is 1.03 bits per heavy atom. The van der Waals surface area contributed by atoms with Crippen molar-refractivity contribution in [1.82, 2.24) is 19.6 Å². The predicted octanol–water partition coefficient (Wildman–Crippen LogP) is 3.81. The van der Waals surface area contributed by atoms with Crippen molar-refractivity contribution in [1.29, 1.82) is 0 Å². The van der Waals surface area contributed by atoms with E-state index in [0.29, 0.717) is 19.1 Å². The van der Waals surface area contributed by atoms with Gasteiger partial charge in [0.05, 0.1) is 20.8 Å². The Balaban J connectivity index is 1.42. The maximum Gasteiger partial charge on any atom is 0.181 e. The van der Waals surface area contributed by atoms with Crippen LogP contribution in [0.15, 0.2) is 54.9 Å². The molecule has 1 aliphatic rings. The third kappa shape index (κ3) is 4.34. The third-order valence-electron chi connectivity index (χ3n) is 5.92. The molecule has 2 aromatic heterocycles. The summed E-state index contributed by atoms with van der Waals surface area (Å²) in [6.07, 6.45) is 5.39. The molecule has 0 bridgehead atoms. The number of ether oxygens (including phenoxy) is 3. The van der Waals surface area contributed by atoms with Crippen LogP contribution in [0.5, 0.6) is 17.2 Å². The Bertz CT molecular complexity index is 1250. The Morgan fingerprint density at radius 2 is 1.85 bits per heavy atom. The largest absolute Gasteiger partial charge is 0.497 e. The SMILES string of the molecule is COc1cc(OC)cc(C2CC2c2nc3c(-c4cccc(OCCCN)c4)nccn3n2)c1. The zero-order valence-corrected chi connectivity index (χ0v) is 18.8. The smallest absolute Gasteiger partial charge is 0.181 e. The van der Waals surface area contributed by atoms with Crippen LogP contribution in [0.25, 0.3) is 16.9 Å². The van der Waals surface area contributed by atoms with Crippen LogP contribution in [0.1, 0.15) is 36.1 Å². The molecule has 2 N–H and O–H groups in total. The molecule has 8 heteroatoms. The van der Waals surface area contributed by atoms with Gasteiger partial charge in [-0.25, -0.2) is 9.50 Å². The molecule has 2 unspecified atom stereocenters. The molecule has 8 nitrogen and oxygen atoms in total. The fourth-order valence-electron chi connectivity index (χ4n) is 4.09. The second-order valence-electron chi connectivity index (χ2n) is 8.13. The van der Waals surface area contributed by atoms with Crippen molar-refractivity contribution < 1.29 is 14.2 Å². The van der Waals surface area contributed by atoms with Crippen LogP contribution < -0.4 is 19.9 Å². The fraction of sp³-hybridized carbons (Fsp3) is 0.320. The number of benzene rings is 2. The standard InChI is InChI=1S/C25H27N5O3/c1-31-19-12-17(13-20(14-19)32-2)21-15-22(21)24-28-25-23(27-8-9-30(25)29-24)16-5-3-6-18(11-16)33-10-4-7-26/h3,5-6,8-9,11-14,21-22H,4,7,10,15,26H2,1-2H3. The van der Waals surface area contributed by atoms with Crippen molar-refractivity contribution in [2.75, 3.05) is 27.4 Å². The first-order valence-electron chi connectivity index (χ1n) is 11.1. The highest BCUT2D eigenvalue weighted by Crippen LogP contribution is 2.54. The third-order valence-corrected chi connectivity index (χ3v) is 5.92. The van der Waals surface area contributed by atoms with E-state index >= 15 is 0 Å². The first-order valence-corrected chi connectivity index (χ1v) is 11.1. The van der Waals surface area contributed by atoms with Gasteiger partial charge in [-0.3, -0.25) is 4.98 Å². The minimum Gasteiger partial charge on any atom is -0.497 e. The Kier molecular flexibility index (Phi) is 5.83. The molecule has 0 saturated heterocycles. The molecule has 4 aromatic rings. The van der Waals surface area contributed by atoms with Crippen molar-refractivity contribution in [2.24, 2.45) is 5.73 Å². The van der Waals surface area contributed by atoms with Crippen molar-refractivity contribution >= 4 is 5.65 Å². The summed E-state index contributed by atoms with van der Waals surface area (Å²) in [5, 5.41) is 4.76. The van der Waals surface area contributed by atoms with Crippen molar-refractivity contribution in [3.63, 3.8) is 0 Å². The summed E-state index contributed by atoms with van der Waals surface area (Å²) < 4.78 is 18.5. The van der Waals surface area contributed by atoms with Gasteiger partial charge in [-0.15, -0.1) is 0 Å². The number of rotatable bonds is 9. The minimum absolute atomic E-state index is 0.250. The summed E-state index contributed by atoms with van der Waals surface area (Å²) >= 11 is 0. The topological polar surface area (TPSA) is 96.8 Å². The lowest BCUT2D eigenvalue weighted by molar-refractivity contribution is 0.313. The highest BCUT2D eigenvalue weighted by atomic mass is 16.5. The zero-order valence-electron chi connectivity index (χ0n) is 18.8. The van der Waals surface area contributed by atoms with Gasteiger partial charge in [0, 0.05) is 29.9 Å². The summed E-state index contributed by atoms with van der Waals surface area (Å²) in [5.74, 6) is 3.78. The van der Waals surface area contributed by atoms with Gasteiger partial charge in [0.1, 0.15) is 22.9 Å². The molecule has 0 aliphatic heterocycles. The quantitative estimate of drug-likeness (QED) is 0.391. The van der Waals surface area contributed by atoms with Gasteiger partial charge in [-0.05, 0) is 55.1 Å². The van der Waals surface area contributed by atoms with Gasteiger partial charge >= 0.3 is 0 Å². The molecule has 2 heterocycles. The maximum absolute atomic E-state index is 5.80. The number of aromatic nitrogens is 4. The first-order chi connectivity index (χ1) is 16.2. The fourth-order valence-corrected chi connectivity index (χ4v) is 4.09. The van der Waals surface area contributed by atoms with Gasteiger partial charge in [0.15, 0.2) is 11.5 Å². The number of hydrogen-bond acceptors (Lipinski definition) is 7. The second-order valence-corrected chi connectivity index (χ2v) is 8.13. The number of methoxy groups -OCH3 is 2. The van der Waals surface area contributed by atoms with Gasteiger partial charge in [-0.1, -0.05) is 12.1 Å². The molecule has 2 atom stereocenters. The molecule has 0 spiro atoms. The molecule has 1 saturated carbocycles. The Labute approximate surface area is 192 Å². The van der Waals surface area contributed by atoms with Gasteiger partial charge in [0.2, 0.25) is 0 Å². The van der Waals surface area contributed by atoms with Crippen LogP contribution in [0.4, 0.5) is 0 Å².